The molecule has 2 atom stereocenters. The molecule has 8 nitrogen and oxygen atoms in total. The van der Waals surface area contributed by atoms with E-state index >= 15 is 0 Å². The van der Waals surface area contributed by atoms with Gasteiger partial charge in [-0.25, -0.2) is 19.3 Å². The summed E-state index contributed by atoms with van der Waals surface area (Å²) in [5.74, 6) is 0. The van der Waals surface area contributed by atoms with Crippen LogP contribution in [0.1, 0.15) is 11.8 Å². The fraction of sp³-hybridized carbons (Fsp3) is 0.286. The Morgan fingerprint density at radius 1 is 1.17 bits per heavy atom. The normalized spacial score (nSPS) is 15.3. The van der Waals surface area contributed by atoms with Gasteiger partial charge in [0.2, 0.25) is 0 Å². The van der Waals surface area contributed by atoms with Crippen molar-refractivity contribution >= 4 is 11.6 Å². The van der Waals surface area contributed by atoms with Gasteiger partial charge in [0.1, 0.15) is 25.3 Å². The largest absolute Gasteiger partial charge is 0.378 e. The maximum Gasteiger partial charge on any atom is 0.186 e. The first-order chi connectivity index (χ1) is 11.1. The van der Waals surface area contributed by atoms with Crippen molar-refractivity contribution in [1.29, 1.82) is 0 Å². The number of ether oxygens (including phenoxy) is 1. The summed E-state index contributed by atoms with van der Waals surface area (Å²) >= 11 is 5.95. The molecule has 0 amide bonds. The zero-order valence-electron chi connectivity index (χ0n) is 12.3. The van der Waals surface area contributed by atoms with Crippen LogP contribution in [-0.4, -0.2) is 41.7 Å². The van der Waals surface area contributed by atoms with Crippen LogP contribution in [0.4, 0.5) is 0 Å². The molecule has 120 valence electrons. The second-order valence-corrected chi connectivity index (χ2v) is 5.42. The van der Waals surface area contributed by atoms with Crippen molar-refractivity contribution in [3.8, 4) is 0 Å². The summed E-state index contributed by atoms with van der Waals surface area (Å²) in [7, 11) is 1.49. The van der Waals surface area contributed by atoms with Crippen LogP contribution in [0, 0.1) is 0 Å². The van der Waals surface area contributed by atoms with Crippen LogP contribution in [0.2, 0.25) is 5.02 Å². The molecule has 0 aliphatic carbocycles. The second kappa shape index (κ2) is 6.45. The van der Waals surface area contributed by atoms with Gasteiger partial charge in [0.05, 0.1) is 6.54 Å². The molecule has 23 heavy (non-hydrogen) atoms. The van der Waals surface area contributed by atoms with Crippen LogP contribution in [0.5, 0.6) is 0 Å². The van der Waals surface area contributed by atoms with Gasteiger partial charge in [0.25, 0.3) is 0 Å². The zero-order valence-corrected chi connectivity index (χ0v) is 13.1. The van der Waals surface area contributed by atoms with E-state index in [9.17, 15) is 5.11 Å². The van der Waals surface area contributed by atoms with Gasteiger partial charge in [0.15, 0.2) is 11.8 Å². The number of rotatable bonds is 6. The van der Waals surface area contributed by atoms with Crippen LogP contribution in [0.3, 0.4) is 0 Å². The fourth-order valence-corrected chi connectivity index (χ4v) is 2.60. The van der Waals surface area contributed by atoms with Crippen LogP contribution in [0.25, 0.3) is 0 Å². The highest BCUT2D eigenvalue weighted by molar-refractivity contribution is 6.30. The summed E-state index contributed by atoms with van der Waals surface area (Å²) in [4.78, 5) is 7.82. The first kappa shape index (κ1) is 15.6. The lowest BCUT2D eigenvalue weighted by Crippen LogP contribution is -2.42. The van der Waals surface area contributed by atoms with E-state index in [4.69, 9.17) is 16.3 Å². The number of hydrogen-bond acceptors (Lipinski definition) is 6. The molecule has 3 aromatic rings. The summed E-state index contributed by atoms with van der Waals surface area (Å²) in [6.45, 7) is 0.118. The highest BCUT2D eigenvalue weighted by Gasteiger charge is 2.41. The molecular formula is C14H15ClN6O2. The minimum atomic E-state index is -1.46. The Kier molecular flexibility index (Phi) is 4.37. The molecule has 0 spiro atoms. The molecule has 0 aliphatic rings. The molecule has 0 bridgehead atoms. The van der Waals surface area contributed by atoms with E-state index < -0.39 is 11.8 Å². The third kappa shape index (κ3) is 3.09. The summed E-state index contributed by atoms with van der Waals surface area (Å²) in [6, 6.07) is 6.89. The first-order valence-electron chi connectivity index (χ1n) is 6.81. The molecule has 0 aliphatic heterocycles. The van der Waals surface area contributed by atoms with Crippen molar-refractivity contribution in [2.75, 3.05) is 7.11 Å². The van der Waals surface area contributed by atoms with Crippen molar-refractivity contribution in [3.05, 3.63) is 60.2 Å². The van der Waals surface area contributed by atoms with Gasteiger partial charge in [-0.3, -0.25) is 0 Å². The molecule has 0 fully saturated rings. The lowest BCUT2D eigenvalue weighted by atomic mass is 9.91. The molecule has 2 heterocycles. The Morgan fingerprint density at radius 2 is 1.87 bits per heavy atom. The molecule has 2 unspecified atom stereocenters. The van der Waals surface area contributed by atoms with E-state index in [1.165, 1.54) is 41.8 Å². The smallest absolute Gasteiger partial charge is 0.186 e. The predicted molar refractivity (Wildman–Crippen MR) is 81.4 cm³/mol. The summed E-state index contributed by atoms with van der Waals surface area (Å²) in [6.07, 6.45) is 4.98. The van der Waals surface area contributed by atoms with E-state index in [2.05, 4.69) is 20.2 Å². The van der Waals surface area contributed by atoms with Gasteiger partial charge >= 0.3 is 0 Å². The standard InChI is InChI=1S/C14H15ClN6O2/c1-23-13(21-10-17-8-19-21)14(22,6-20-9-16-7-18-20)11-2-4-12(15)5-3-11/h2-5,7-10,13,22H,6H2,1H3. The second-order valence-electron chi connectivity index (χ2n) is 4.99. The third-order valence-corrected chi connectivity index (χ3v) is 3.77. The van der Waals surface area contributed by atoms with Crippen LogP contribution in [-0.2, 0) is 16.9 Å². The van der Waals surface area contributed by atoms with Gasteiger partial charge in [-0.1, -0.05) is 23.7 Å². The molecule has 3 rings (SSSR count). The first-order valence-corrected chi connectivity index (χ1v) is 7.19. The minimum absolute atomic E-state index is 0.118. The molecular weight excluding hydrogens is 320 g/mol. The van der Waals surface area contributed by atoms with Crippen LogP contribution < -0.4 is 0 Å². The van der Waals surface area contributed by atoms with Crippen LogP contribution in [0.15, 0.2) is 49.6 Å². The van der Waals surface area contributed by atoms with Crippen molar-refractivity contribution < 1.29 is 9.84 Å². The van der Waals surface area contributed by atoms with Gasteiger partial charge in [0, 0.05) is 12.1 Å². The van der Waals surface area contributed by atoms with E-state index in [-0.39, 0.29) is 6.54 Å². The topological polar surface area (TPSA) is 90.9 Å². The lowest BCUT2D eigenvalue weighted by Gasteiger charge is -2.35. The van der Waals surface area contributed by atoms with Crippen molar-refractivity contribution in [1.82, 2.24) is 29.5 Å². The minimum Gasteiger partial charge on any atom is -0.378 e. The van der Waals surface area contributed by atoms with E-state index in [0.29, 0.717) is 10.6 Å². The van der Waals surface area contributed by atoms with Crippen molar-refractivity contribution in [2.45, 2.75) is 18.4 Å². The highest BCUT2D eigenvalue weighted by Crippen LogP contribution is 2.35. The Labute approximate surface area is 137 Å². The molecule has 0 saturated carbocycles. The predicted octanol–water partition coefficient (Wildman–Crippen LogP) is 1.26. The fourth-order valence-electron chi connectivity index (χ4n) is 2.47. The zero-order chi connectivity index (χ0) is 16.3. The molecule has 2 aromatic heterocycles. The Bertz CT molecular complexity index is 731. The summed E-state index contributed by atoms with van der Waals surface area (Å²) < 4.78 is 8.48. The van der Waals surface area contributed by atoms with E-state index in [1.807, 2.05) is 0 Å². The Morgan fingerprint density at radius 3 is 2.43 bits per heavy atom. The maximum atomic E-state index is 11.4. The number of nitrogens with zero attached hydrogens (tertiary/aromatic N) is 6. The molecule has 1 N–H and O–H groups in total. The Hall–Kier alpha value is -2.29. The number of benzene rings is 1. The van der Waals surface area contributed by atoms with Gasteiger partial charge in [-0.2, -0.15) is 10.2 Å². The Balaban J connectivity index is 2.06. The highest BCUT2D eigenvalue weighted by atomic mass is 35.5. The van der Waals surface area contributed by atoms with Gasteiger partial charge in [-0.15, -0.1) is 0 Å². The quantitative estimate of drug-likeness (QED) is 0.729. The molecule has 9 heteroatoms. The average Bonchev–Trinajstić information content (AvgIpc) is 3.22. The molecule has 0 saturated heterocycles. The third-order valence-electron chi connectivity index (χ3n) is 3.52. The van der Waals surface area contributed by atoms with Crippen LogP contribution >= 0.6 is 11.6 Å². The number of aliphatic hydroxyl groups is 1. The van der Waals surface area contributed by atoms with E-state index in [0.717, 1.165) is 0 Å². The average molecular weight is 335 g/mol. The number of methoxy groups -OCH3 is 1. The summed E-state index contributed by atoms with van der Waals surface area (Å²) in [5.41, 5.74) is -0.847. The van der Waals surface area contributed by atoms with Gasteiger partial charge < -0.3 is 9.84 Å². The van der Waals surface area contributed by atoms with Crippen molar-refractivity contribution in [3.63, 3.8) is 0 Å². The SMILES string of the molecule is COC(n1cncn1)C(O)(Cn1cncn1)c1ccc(Cl)cc1. The van der Waals surface area contributed by atoms with Crippen molar-refractivity contribution in [2.24, 2.45) is 0 Å². The number of aromatic nitrogens is 6. The monoisotopic (exact) mass is 334 g/mol. The van der Waals surface area contributed by atoms with Gasteiger partial charge in [-0.05, 0) is 17.7 Å². The lowest BCUT2D eigenvalue weighted by molar-refractivity contribution is -0.153. The number of hydrogen-bond donors (Lipinski definition) is 1. The molecule has 1 aromatic carbocycles. The maximum absolute atomic E-state index is 11.4. The molecule has 0 radical (unpaired) electrons. The summed E-state index contributed by atoms with van der Waals surface area (Å²) in [5, 5.41) is 20.1. The van der Waals surface area contributed by atoms with E-state index in [1.54, 1.807) is 24.3 Å². The number of halogens is 1.